The molecule has 0 aromatic carbocycles. The van der Waals surface area contributed by atoms with Crippen LogP contribution in [-0.4, -0.2) is 18.0 Å². The number of rotatable bonds is 4. The molecule has 0 atom stereocenters. The van der Waals surface area contributed by atoms with Crippen LogP contribution in [0.4, 0.5) is 0 Å². The second-order valence-electron chi connectivity index (χ2n) is 6.00. The van der Waals surface area contributed by atoms with E-state index in [-0.39, 0.29) is 16.9 Å². The van der Waals surface area contributed by atoms with E-state index in [0.29, 0.717) is 6.54 Å². The van der Waals surface area contributed by atoms with Crippen molar-refractivity contribution in [2.45, 2.75) is 64.8 Å². The van der Waals surface area contributed by atoms with Crippen LogP contribution in [0.3, 0.4) is 0 Å². The van der Waals surface area contributed by atoms with Crippen LogP contribution in [0.5, 0.6) is 0 Å². The van der Waals surface area contributed by atoms with Crippen molar-refractivity contribution < 1.29 is 4.79 Å². The Morgan fingerprint density at radius 3 is 2.38 bits per heavy atom. The van der Waals surface area contributed by atoms with E-state index in [0.717, 1.165) is 19.3 Å². The van der Waals surface area contributed by atoms with E-state index < -0.39 is 0 Å². The number of nitrogens with two attached hydrogens (primary N) is 1. The highest BCUT2D eigenvalue weighted by Crippen LogP contribution is 2.36. The van der Waals surface area contributed by atoms with E-state index in [4.69, 9.17) is 5.73 Å². The quantitative estimate of drug-likeness (QED) is 0.772. The summed E-state index contributed by atoms with van der Waals surface area (Å²) in [5.74, 6) is 0.214. The molecule has 0 aromatic heterocycles. The Labute approximate surface area is 99.2 Å². The second-order valence-corrected chi connectivity index (χ2v) is 6.00. The van der Waals surface area contributed by atoms with Gasteiger partial charge in [-0.05, 0) is 39.7 Å². The van der Waals surface area contributed by atoms with Gasteiger partial charge in [-0.1, -0.05) is 26.2 Å². The van der Waals surface area contributed by atoms with Gasteiger partial charge in [0.05, 0.1) is 0 Å². The molecule has 0 aromatic rings. The van der Waals surface area contributed by atoms with E-state index in [1.807, 2.05) is 13.8 Å². The fraction of sp³-hybridized carbons (Fsp3) is 0.923. The number of amides is 1. The molecule has 94 valence electrons. The first-order valence-corrected chi connectivity index (χ1v) is 6.42. The molecule has 16 heavy (non-hydrogen) atoms. The van der Waals surface area contributed by atoms with Gasteiger partial charge in [-0.3, -0.25) is 4.79 Å². The Balaban J connectivity index is 2.56. The van der Waals surface area contributed by atoms with Gasteiger partial charge in [0.1, 0.15) is 0 Å². The third kappa shape index (κ3) is 3.48. The molecule has 1 amide bonds. The van der Waals surface area contributed by atoms with Gasteiger partial charge in [-0.2, -0.15) is 0 Å². The first kappa shape index (κ1) is 13.5. The maximum Gasteiger partial charge on any atom is 0.226 e. The van der Waals surface area contributed by atoms with Crippen LogP contribution in [-0.2, 0) is 4.79 Å². The minimum absolute atomic E-state index is 0.149. The maximum atomic E-state index is 12.3. The minimum atomic E-state index is -0.174. The van der Waals surface area contributed by atoms with Crippen molar-refractivity contribution in [3.8, 4) is 0 Å². The summed E-state index contributed by atoms with van der Waals surface area (Å²) >= 11 is 0. The van der Waals surface area contributed by atoms with Gasteiger partial charge in [0.25, 0.3) is 0 Å². The van der Waals surface area contributed by atoms with E-state index in [1.165, 1.54) is 19.3 Å². The molecular formula is C13H26N2O. The summed E-state index contributed by atoms with van der Waals surface area (Å²) in [6, 6.07) is 0. The van der Waals surface area contributed by atoms with E-state index in [2.05, 4.69) is 12.2 Å². The smallest absolute Gasteiger partial charge is 0.226 e. The molecule has 0 spiro atoms. The molecule has 3 N–H and O–H groups in total. The zero-order chi connectivity index (χ0) is 12.2. The highest BCUT2D eigenvalue weighted by molar-refractivity contribution is 5.82. The van der Waals surface area contributed by atoms with Gasteiger partial charge in [0.2, 0.25) is 5.91 Å². The fourth-order valence-corrected chi connectivity index (χ4v) is 2.44. The monoisotopic (exact) mass is 226 g/mol. The van der Waals surface area contributed by atoms with Crippen LogP contribution in [0.25, 0.3) is 0 Å². The topological polar surface area (TPSA) is 55.1 Å². The highest BCUT2D eigenvalue weighted by atomic mass is 16.2. The number of hydrogen-bond acceptors (Lipinski definition) is 2. The van der Waals surface area contributed by atoms with Gasteiger partial charge in [-0.15, -0.1) is 0 Å². The van der Waals surface area contributed by atoms with Gasteiger partial charge in [0, 0.05) is 11.0 Å². The fourth-order valence-electron chi connectivity index (χ4n) is 2.44. The van der Waals surface area contributed by atoms with Crippen molar-refractivity contribution in [1.29, 1.82) is 0 Å². The zero-order valence-electron chi connectivity index (χ0n) is 10.9. The predicted octanol–water partition coefficient (Wildman–Crippen LogP) is 2.20. The molecule has 0 radical (unpaired) electrons. The first-order chi connectivity index (χ1) is 7.40. The molecule has 1 aliphatic rings. The largest absolute Gasteiger partial charge is 0.351 e. The number of hydrogen-bond donors (Lipinski definition) is 2. The predicted molar refractivity (Wildman–Crippen MR) is 67.1 cm³/mol. The van der Waals surface area contributed by atoms with Gasteiger partial charge in [0.15, 0.2) is 0 Å². The summed E-state index contributed by atoms with van der Waals surface area (Å²) in [7, 11) is 0. The summed E-state index contributed by atoms with van der Waals surface area (Å²) in [6.45, 7) is 6.80. The summed E-state index contributed by atoms with van der Waals surface area (Å²) < 4.78 is 0. The molecule has 1 saturated carbocycles. The lowest BCUT2D eigenvalue weighted by Gasteiger charge is -2.36. The van der Waals surface area contributed by atoms with Gasteiger partial charge < -0.3 is 11.1 Å². The zero-order valence-corrected chi connectivity index (χ0v) is 10.9. The average Bonchev–Trinajstić information content (AvgIpc) is 2.17. The van der Waals surface area contributed by atoms with Gasteiger partial charge >= 0.3 is 0 Å². The molecule has 0 bridgehead atoms. The standard InChI is InChI=1S/C13H26N2O/c1-12(2,9-10-14)15-11(16)13(3)7-5-4-6-8-13/h4-10,14H2,1-3H3,(H,15,16). The minimum Gasteiger partial charge on any atom is -0.351 e. The summed E-state index contributed by atoms with van der Waals surface area (Å²) in [6.07, 6.45) is 6.52. The Bertz CT molecular complexity index is 242. The van der Waals surface area contributed by atoms with Crippen LogP contribution >= 0.6 is 0 Å². The normalized spacial score (nSPS) is 20.5. The molecule has 1 rings (SSSR count). The Morgan fingerprint density at radius 1 is 1.31 bits per heavy atom. The van der Waals surface area contributed by atoms with Gasteiger partial charge in [-0.25, -0.2) is 0 Å². The molecule has 0 heterocycles. The van der Waals surface area contributed by atoms with Crippen molar-refractivity contribution in [3.63, 3.8) is 0 Å². The Hall–Kier alpha value is -0.570. The van der Waals surface area contributed by atoms with Crippen LogP contribution in [0, 0.1) is 5.41 Å². The molecule has 3 nitrogen and oxygen atoms in total. The van der Waals surface area contributed by atoms with E-state index in [9.17, 15) is 4.79 Å². The van der Waals surface area contributed by atoms with Crippen molar-refractivity contribution in [2.24, 2.45) is 11.1 Å². The average molecular weight is 226 g/mol. The lowest BCUT2D eigenvalue weighted by atomic mass is 9.74. The van der Waals surface area contributed by atoms with Crippen molar-refractivity contribution in [1.82, 2.24) is 5.32 Å². The molecule has 0 aliphatic heterocycles. The van der Waals surface area contributed by atoms with Crippen LogP contribution in [0.2, 0.25) is 0 Å². The Kier molecular flexibility index (Phi) is 4.36. The first-order valence-electron chi connectivity index (χ1n) is 6.42. The molecule has 0 unspecified atom stereocenters. The molecular weight excluding hydrogens is 200 g/mol. The second kappa shape index (κ2) is 5.17. The Morgan fingerprint density at radius 2 is 1.88 bits per heavy atom. The summed E-state index contributed by atoms with van der Waals surface area (Å²) in [4.78, 5) is 12.3. The SMILES string of the molecule is CC(C)(CCN)NC(=O)C1(C)CCCCC1. The van der Waals surface area contributed by atoms with Crippen molar-refractivity contribution in [3.05, 3.63) is 0 Å². The summed E-state index contributed by atoms with van der Waals surface area (Å²) in [5, 5.41) is 3.15. The highest BCUT2D eigenvalue weighted by Gasteiger charge is 2.36. The number of carbonyl (C=O) groups is 1. The van der Waals surface area contributed by atoms with E-state index >= 15 is 0 Å². The van der Waals surface area contributed by atoms with E-state index in [1.54, 1.807) is 0 Å². The molecule has 1 aliphatic carbocycles. The molecule has 3 heteroatoms. The lowest BCUT2D eigenvalue weighted by Crippen LogP contribution is -2.51. The van der Waals surface area contributed by atoms with Crippen LogP contribution in [0.1, 0.15) is 59.3 Å². The van der Waals surface area contributed by atoms with Crippen LogP contribution < -0.4 is 11.1 Å². The maximum absolute atomic E-state index is 12.3. The number of nitrogens with one attached hydrogen (secondary N) is 1. The molecule has 0 saturated heterocycles. The lowest BCUT2D eigenvalue weighted by molar-refractivity contribution is -0.133. The summed E-state index contributed by atoms with van der Waals surface area (Å²) in [5.41, 5.74) is 5.23. The molecule has 1 fully saturated rings. The van der Waals surface area contributed by atoms with Crippen molar-refractivity contribution in [2.75, 3.05) is 6.54 Å². The third-order valence-electron chi connectivity index (χ3n) is 3.73. The van der Waals surface area contributed by atoms with Crippen molar-refractivity contribution >= 4 is 5.91 Å². The number of carbonyl (C=O) groups excluding carboxylic acids is 1. The third-order valence-corrected chi connectivity index (χ3v) is 3.73. The van der Waals surface area contributed by atoms with Crippen LogP contribution in [0.15, 0.2) is 0 Å².